The van der Waals surface area contributed by atoms with Crippen LogP contribution in [0.5, 0.6) is 0 Å². The summed E-state index contributed by atoms with van der Waals surface area (Å²) in [6, 6.07) is 9.74. The lowest BCUT2D eigenvalue weighted by Gasteiger charge is -2.14. The van der Waals surface area contributed by atoms with Crippen LogP contribution >= 0.6 is 11.6 Å². The number of fused-ring (bicyclic) bond motifs is 4. The first kappa shape index (κ1) is 28.5. The molecule has 2 amide bonds. The van der Waals surface area contributed by atoms with Gasteiger partial charge in [-0.05, 0) is 61.2 Å². The lowest BCUT2D eigenvalue weighted by Crippen LogP contribution is -2.27. The van der Waals surface area contributed by atoms with Gasteiger partial charge in [-0.3, -0.25) is 19.2 Å². The van der Waals surface area contributed by atoms with E-state index in [0.29, 0.717) is 57.3 Å². The summed E-state index contributed by atoms with van der Waals surface area (Å²) in [5.74, 6) is -0.527. The van der Waals surface area contributed by atoms with E-state index in [9.17, 15) is 19.2 Å². The summed E-state index contributed by atoms with van der Waals surface area (Å²) in [5, 5.41) is 6.36. The standard InChI is InChI=1S/C30H29ClN4O5/c1-18(36)22-12-10-21(31)16-20(22)9-13-28(38)33-24-6-4-3-5-7-27(37)34-25-14-19(15-29(39)40-2)8-11-23(25)26-17-32-30(24)35-26/h3-4,8-14,16-17,24H,5-7,15H2,1-2H3,(H,32,35)(H,33,38)(H,34,37)/b4-3+,13-9+/t24-/m0/s1. The Kier molecular flexibility index (Phi) is 9.29. The highest BCUT2D eigenvalue weighted by atomic mass is 35.5. The monoisotopic (exact) mass is 560 g/mol. The zero-order valence-corrected chi connectivity index (χ0v) is 22.9. The number of halogens is 1. The van der Waals surface area contributed by atoms with Crippen LogP contribution in [0, 0.1) is 0 Å². The molecule has 10 heteroatoms. The molecule has 0 unspecified atom stereocenters. The molecular weight excluding hydrogens is 532 g/mol. The third-order valence-corrected chi connectivity index (χ3v) is 6.59. The van der Waals surface area contributed by atoms with E-state index in [4.69, 9.17) is 16.3 Å². The van der Waals surface area contributed by atoms with Gasteiger partial charge in [0.15, 0.2) is 5.78 Å². The van der Waals surface area contributed by atoms with Crippen LogP contribution in [0.15, 0.2) is 60.8 Å². The molecule has 3 aromatic rings. The van der Waals surface area contributed by atoms with E-state index in [-0.39, 0.29) is 36.4 Å². The zero-order chi connectivity index (χ0) is 28.6. The Morgan fingerprint density at radius 1 is 1.18 bits per heavy atom. The molecule has 0 saturated heterocycles. The number of carbonyl (C=O) groups is 4. The number of allylic oxidation sites excluding steroid dienone is 1. The van der Waals surface area contributed by atoms with Crippen LogP contribution in [0.25, 0.3) is 17.3 Å². The molecule has 3 N–H and O–H groups in total. The molecule has 0 fully saturated rings. The second-order valence-electron chi connectivity index (χ2n) is 9.29. The molecule has 4 rings (SSSR count). The summed E-state index contributed by atoms with van der Waals surface area (Å²) in [6.45, 7) is 1.45. The van der Waals surface area contributed by atoms with Crippen molar-refractivity contribution < 1.29 is 23.9 Å². The van der Waals surface area contributed by atoms with Gasteiger partial charge in [0.05, 0.1) is 37.2 Å². The maximum absolute atomic E-state index is 12.9. The number of esters is 1. The third kappa shape index (κ3) is 7.33. The van der Waals surface area contributed by atoms with Crippen molar-refractivity contribution >= 4 is 46.9 Å². The predicted octanol–water partition coefficient (Wildman–Crippen LogP) is 5.20. The number of carbonyl (C=O) groups excluding carboxylic acids is 4. The number of benzene rings is 2. The average molecular weight is 561 g/mol. The summed E-state index contributed by atoms with van der Waals surface area (Å²) in [5.41, 5.74) is 3.57. The third-order valence-electron chi connectivity index (χ3n) is 6.35. The number of hydrogen-bond acceptors (Lipinski definition) is 6. The van der Waals surface area contributed by atoms with Gasteiger partial charge < -0.3 is 20.4 Å². The number of methoxy groups -OCH3 is 1. The van der Waals surface area contributed by atoms with Gasteiger partial charge in [0.2, 0.25) is 11.8 Å². The number of H-pyrrole nitrogens is 1. The molecule has 0 saturated carbocycles. The zero-order valence-electron chi connectivity index (χ0n) is 22.1. The first-order chi connectivity index (χ1) is 19.2. The molecule has 0 spiro atoms. The van der Waals surface area contributed by atoms with Gasteiger partial charge in [0.25, 0.3) is 0 Å². The van der Waals surface area contributed by atoms with E-state index >= 15 is 0 Å². The average Bonchev–Trinajstić information content (AvgIpc) is 3.40. The van der Waals surface area contributed by atoms with E-state index in [1.165, 1.54) is 20.1 Å². The number of anilines is 1. The van der Waals surface area contributed by atoms with Crippen molar-refractivity contribution in [2.45, 2.75) is 38.6 Å². The van der Waals surface area contributed by atoms with Crippen molar-refractivity contribution in [3.63, 3.8) is 0 Å². The van der Waals surface area contributed by atoms with Crippen molar-refractivity contribution in [3.05, 3.63) is 88.4 Å². The Labute approximate surface area is 236 Å². The van der Waals surface area contributed by atoms with Crippen LogP contribution in [0.1, 0.15) is 59.5 Å². The van der Waals surface area contributed by atoms with E-state index in [1.54, 1.807) is 48.7 Å². The van der Waals surface area contributed by atoms with Crippen LogP contribution in [0.4, 0.5) is 5.69 Å². The van der Waals surface area contributed by atoms with Crippen molar-refractivity contribution in [1.82, 2.24) is 15.3 Å². The number of nitrogens with zero attached hydrogens (tertiary/aromatic N) is 1. The molecule has 40 heavy (non-hydrogen) atoms. The summed E-state index contributed by atoms with van der Waals surface area (Å²) < 4.78 is 4.77. The van der Waals surface area contributed by atoms with Crippen LogP contribution in [0.2, 0.25) is 5.02 Å². The molecule has 1 atom stereocenters. The van der Waals surface area contributed by atoms with E-state index < -0.39 is 6.04 Å². The lowest BCUT2D eigenvalue weighted by atomic mass is 10.0. The van der Waals surface area contributed by atoms with Gasteiger partial charge in [0, 0.05) is 28.6 Å². The number of aromatic nitrogens is 2. The lowest BCUT2D eigenvalue weighted by molar-refractivity contribution is -0.139. The molecule has 2 heterocycles. The number of imidazole rings is 1. The van der Waals surface area contributed by atoms with Gasteiger partial charge in [-0.25, -0.2) is 4.98 Å². The molecular formula is C30H29ClN4O5. The molecule has 0 aliphatic carbocycles. The van der Waals surface area contributed by atoms with Crippen LogP contribution < -0.4 is 10.6 Å². The van der Waals surface area contributed by atoms with Crippen molar-refractivity contribution in [3.8, 4) is 11.3 Å². The van der Waals surface area contributed by atoms with Gasteiger partial charge >= 0.3 is 5.97 Å². The first-order valence-corrected chi connectivity index (χ1v) is 13.1. The number of nitrogens with one attached hydrogen (secondary N) is 3. The molecule has 2 aromatic carbocycles. The van der Waals surface area contributed by atoms with Gasteiger partial charge in [-0.15, -0.1) is 0 Å². The minimum absolute atomic E-state index is 0.0708. The number of ether oxygens (including phenoxy) is 1. The molecule has 1 aliphatic rings. The topological polar surface area (TPSA) is 130 Å². The van der Waals surface area contributed by atoms with Gasteiger partial charge in [-0.2, -0.15) is 0 Å². The number of amides is 2. The fourth-order valence-corrected chi connectivity index (χ4v) is 4.50. The summed E-state index contributed by atoms with van der Waals surface area (Å²) >= 11 is 6.09. The second-order valence-corrected chi connectivity index (χ2v) is 9.73. The van der Waals surface area contributed by atoms with Crippen LogP contribution in [-0.2, 0) is 25.5 Å². The summed E-state index contributed by atoms with van der Waals surface area (Å²) in [4.78, 5) is 57.1. The van der Waals surface area contributed by atoms with E-state index in [0.717, 1.165) is 0 Å². The minimum Gasteiger partial charge on any atom is -0.469 e. The highest BCUT2D eigenvalue weighted by Crippen LogP contribution is 2.30. The Bertz CT molecular complexity index is 1510. The van der Waals surface area contributed by atoms with Crippen molar-refractivity contribution in [2.75, 3.05) is 12.4 Å². The number of aromatic amines is 1. The van der Waals surface area contributed by atoms with E-state index in [2.05, 4.69) is 20.6 Å². The van der Waals surface area contributed by atoms with Crippen LogP contribution in [-0.4, -0.2) is 40.6 Å². The molecule has 0 radical (unpaired) electrons. The van der Waals surface area contributed by atoms with E-state index in [1.807, 2.05) is 12.2 Å². The maximum Gasteiger partial charge on any atom is 0.309 e. The first-order valence-electron chi connectivity index (χ1n) is 12.7. The smallest absolute Gasteiger partial charge is 0.309 e. The highest BCUT2D eigenvalue weighted by molar-refractivity contribution is 6.31. The Morgan fingerprint density at radius 2 is 2.00 bits per heavy atom. The van der Waals surface area contributed by atoms with Gasteiger partial charge in [0.1, 0.15) is 5.82 Å². The van der Waals surface area contributed by atoms with Crippen LogP contribution in [0.3, 0.4) is 0 Å². The molecule has 1 aliphatic heterocycles. The SMILES string of the molecule is COC(=O)Cc1ccc2c(c1)NC(=O)CC/C=C/C[C@H](NC(=O)/C=C/c1cc(Cl)ccc1C(C)=O)c1ncc-2[nH]1. The fraction of sp³-hybridized carbons (Fsp3) is 0.233. The minimum atomic E-state index is -0.486. The van der Waals surface area contributed by atoms with Gasteiger partial charge in [-0.1, -0.05) is 35.9 Å². The quantitative estimate of drug-likeness (QED) is 0.164. The number of ketones is 1. The van der Waals surface area contributed by atoms with Crippen molar-refractivity contribution in [1.29, 1.82) is 0 Å². The Hall–Kier alpha value is -4.50. The normalized spacial score (nSPS) is 16.1. The number of rotatable bonds is 6. The predicted molar refractivity (Wildman–Crippen MR) is 153 cm³/mol. The highest BCUT2D eigenvalue weighted by Gasteiger charge is 2.19. The summed E-state index contributed by atoms with van der Waals surface area (Å²) in [6.07, 6.45) is 9.61. The summed E-state index contributed by atoms with van der Waals surface area (Å²) in [7, 11) is 1.33. The Balaban J connectivity index is 1.61. The number of Topliss-reactive ketones (excluding diaryl/α,β-unsaturated/α-hetero) is 1. The van der Waals surface area contributed by atoms with Crippen molar-refractivity contribution in [2.24, 2.45) is 0 Å². The molecule has 206 valence electrons. The largest absolute Gasteiger partial charge is 0.469 e. The molecule has 9 nitrogen and oxygen atoms in total. The molecule has 2 bridgehead atoms. The second kappa shape index (κ2) is 13.0. The number of hydrogen-bond donors (Lipinski definition) is 3. The Morgan fingerprint density at radius 3 is 2.77 bits per heavy atom. The maximum atomic E-state index is 12.9. The molecule has 1 aromatic heterocycles. The fourth-order valence-electron chi connectivity index (χ4n) is 4.32.